The number of aldehydes is 1. The lowest BCUT2D eigenvalue weighted by atomic mass is 9.96. The van der Waals surface area contributed by atoms with E-state index < -0.39 is 10.0 Å². The predicted octanol–water partition coefficient (Wildman–Crippen LogP) is 3.78. The Bertz CT molecular complexity index is 1250. The molecular formula is C24H26N2O5S. The first-order chi connectivity index (χ1) is 15.3. The lowest BCUT2D eigenvalue weighted by molar-refractivity contribution is -0.148. The minimum absolute atomic E-state index is 0.0961. The van der Waals surface area contributed by atoms with E-state index >= 15 is 0 Å². The number of fused-ring (bicyclic) bond motifs is 1. The van der Waals surface area contributed by atoms with Crippen LogP contribution in [0, 0.1) is 12.8 Å². The van der Waals surface area contributed by atoms with E-state index in [0.717, 1.165) is 11.3 Å². The molecule has 2 heterocycles. The maximum atomic E-state index is 13.2. The second kappa shape index (κ2) is 8.78. The van der Waals surface area contributed by atoms with Gasteiger partial charge < -0.3 is 9.64 Å². The van der Waals surface area contributed by atoms with E-state index in [1.807, 2.05) is 19.1 Å². The van der Waals surface area contributed by atoms with Crippen LogP contribution in [0.2, 0.25) is 0 Å². The fourth-order valence-corrected chi connectivity index (χ4v) is 5.54. The Morgan fingerprint density at radius 1 is 1.12 bits per heavy atom. The van der Waals surface area contributed by atoms with E-state index in [-0.39, 0.29) is 16.8 Å². The van der Waals surface area contributed by atoms with Crippen LogP contribution in [0.25, 0.3) is 10.9 Å². The van der Waals surface area contributed by atoms with Crippen molar-refractivity contribution in [3.63, 3.8) is 0 Å². The Morgan fingerprint density at radius 2 is 1.81 bits per heavy atom. The van der Waals surface area contributed by atoms with Crippen LogP contribution >= 0.6 is 0 Å². The first-order valence-corrected chi connectivity index (χ1v) is 12.1. The topological polar surface area (TPSA) is 85.7 Å². The number of anilines is 1. The Hall–Kier alpha value is -3.13. The molecule has 0 N–H and O–H groups in total. The van der Waals surface area contributed by atoms with Gasteiger partial charge in [0.15, 0.2) is 6.29 Å². The van der Waals surface area contributed by atoms with Crippen molar-refractivity contribution in [2.24, 2.45) is 5.92 Å². The van der Waals surface area contributed by atoms with Gasteiger partial charge in [-0.15, -0.1) is 0 Å². The lowest BCUT2D eigenvalue weighted by Gasteiger charge is -2.32. The molecule has 0 radical (unpaired) electrons. The van der Waals surface area contributed by atoms with E-state index in [1.165, 1.54) is 10.2 Å². The van der Waals surface area contributed by atoms with Crippen LogP contribution in [0.15, 0.2) is 53.6 Å². The monoisotopic (exact) mass is 454 g/mol. The molecule has 1 fully saturated rings. The summed E-state index contributed by atoms with van der Waals surface area (Å²) in [6.07, 6.45) is 3.45. The number of aryl methyl sites for hydroxylation is 1. The molecule has 0 unspecified atom stereocenters. The van der Waals surface area contributed by atoms with Crippen molar-refractivity contribution in [3.05, 3.63) is 59.8 Å². The molecule has 2 aromatic carbocycles. The summed E-state index contributed by atoms with van der Waals surface area (Å²) < 4.78 is 32.7. The fraction of sp³-hybridized carbons (Fsp3) is 0.333. The molecule has 8 heteroatoms. The van der Waals surface area contributed by atoms with Crippen LogP contribution in [0.3, 0.4) is 0 Å². The van der Waals surface area contributed by atoms with Gasteiger partial charge in [-0.05, 0) is 57.0 Å². The molecule has 4 rings (SSSR count). The number of hydrogen-bond donors (Lipinski definition) is 0. The largest absolute Gasteiger partial charge is 0.466 e. The van der Waals surface area contributed by atoms with Gasteiger partial charge in [0.2, 0.25) is 0 Å². The first kappa shape index (κ1) is 22.1. The van der Waals surface area contributed by atoms with Crippen LogP contribution in [0.4, 0.5) is 5.69 Å². The molecule has 0 amide bonds. The lowest BCUT2D eigenvalue weighted by Crippen LogP contribution is -2.36. The molecule has 1 aliphatic heterocycles. The molecule has 0 atom stereocenters. The third-order valence-corrected chi connectivity index (χ3v) is 7.66. The number of aromatic nitrogens is 1. The maximum Gasteiger partial charge on any atom is 0.309 e. The smallest absolute Gasteiger partial charge is 0.309 e. The first-order valence-electron chi connectivity index (χ1n) is 10.7. The van der Waals surface area contributed by atoms with Crippen molar-refractivity contribution in [1.82, 2.24) is 3.97 Å². The highest BCUT2D eigenvalue weighted by Gasteiger charge is 2.27. The van der Waals surface area contributed by atoms with Crippen LogP contribution in [0.5, 0.6) is 0 Å². The molecule has 1 aliphatic rings. The number of hydrogen-bond acceptors (Lipinski definition) is 6. The number of esters is 1. The Morgan fingerprint density at radius 3 is 2.44 bits per heavy atom. The van der Waals surface area contributed by atoms with Gasteiger partial charge in [-0.3, -0.25) is 9.59 Å². The zero-order chi connectivity index (χ0) is 22.9. The summed E-state index contributed by atoms with van der Waals surface area (Å²) in [5.41, 5.74) is 2.64. The number of carbonyl (C=O) groups is 2. The van der Waals surface area contributed by atoms with E-state index in [1.54, 1.807) is 37.3 Å². The highest BCUT2D eigenvalue weighted by molar-refractivity contribution is 7.90. The fourth-order valence-electron chi connectivity index (χ4n) is 4.16. The summed E-state index contributed by atoms with van der Waals surface area (Å²) in [6.45, 7) is 5.45. The summed E-state index contributed by atoms with van der Waals surface area (Å²) in [5.74, 6) is -0.245. The van der Waals surface area contributed by atoms with Gasteiger partial charge in [-0.1, -0.05) is 17.7 Å². The minimum Gasteiger partial charge on any atom is -0.466 e. The zero-order valence-electron chi connectivity index (χ0n) is 18.2. The van der Waals surface area contributed by atoms with Gasteiger partial charge in [0.25, 0.3) is 10.0 Å². The van der Waals surface area contributed by atoms with Gasteiger partial charge in [0, 0.05) is 35.9 Å². The highest BCUT2D eigenvalue weighted by Crippen LogP contribution is 2.31. The van der Waals surface area contributed by atoms with Crippen molar-refractivity contribution in [1.29, 1.82) is 0 Å². The van der Waals surface area contributed by atoms with E-state index in [0.29, 0.717) is 55.3 Å². The van der Waals surface area contributed by atoms with Crippen LogP contribution in [0.1, 0.15) is 35.7 Å². The summed E-state index contributed by atoms with van der Waals surface area (Å²) in [4.78, 5) is 26.0. The zero-order valence-corrected chi connectivity index (χ0v) is 19.0. The molecular weight excluding hydrogens is 428 g/mol. The third-order valence-electron chi connectivity index (χ3n) is 5.97. The van der Waals surface area contributed by atoms with E-state index in [9.17, 15) is 18.0 Å². The van der Waals surface area contributed by atoms with Crippen molar-refractivity contribution in [2.75, 3.05) is 24.6 Å². The summed E-state index contributed by atoms with van der Waals surface area (Å²) in [6, 6.07) is 12.1. The van der Waals surface area contributed by atoms with Crippen molar-refractivity contribution in [3.8, 4) is 0 Å². The van der Waals surface area contributed by atoms with E-state index in [4.69, 9.17) is 4.74 Å². The molecule has 0 bridgehead atoms. The van der Waals surface area contributed by atoms with E-state index in [2.05, 4.69) is 4.90 Å². The highest BCUT2D eigenvalue weighted by atomic mass is 32.2. The average Bonchev–Trinajstić information content (AvgIpc) is 3.18. The minimum atomic E-state index is -3.84. The average molecular weight is 455 g/mol. The van der Waals surface area contributed by atoms with Crippen LogP contribution in [-0.4, -0.2) is 44.3 Å². The molecule has 32 heavy (non-hydrogen) atoms. The quantitative estimate of drug-likeness (QED) is 0.416. The summed E-state index contributed by atoms with van der Waals surface area (Å²) in [5, 5.41) is 0.584. The standard InChI is InChI=1S/C24H26N2O5S/c1-3-31-24(28)18-10-12-25(13-11-18)20-6-9-23-22(14-20)19(16-27)15-26(23)32(29,30)21-7-4-17(2)5-8-21/h4-9,14-16,18H,3,10-13H2,1-2H3. The van der Waals surface area contributed by atoms with Crippen molar-refractivity contribution in [2.45, 2.75) is 31.6 Å². The number of ether oxygens (including phenoxy) is 1. The van der Waals surface area contributed by atoms with Gasteiger partial charge in [-0.2, -0.15) is 0 Å². The van der Waals surface area contributed by atoms with Gasteiger partial charge in [-0.25, -0.2) is 12.4 Å². The molecule has 3 aromatic rings. The third kappa shape index (κ3) is 4.02. The maximum absolute atomic E-state index is 13.2. The van der Waals surface area contributed by atoms with Crippen LogP contribution < -0.4 is 4.90 Å². The molecule has 1 aromatic heterocycles. The number of rotatable bonds is 6. The van der Waals surface area contributed by atoms with Gasteiger partial charge in [0.05, 0.1) is 22.9 Å². The van der Waals surface area contributed by atoms with Crippen molar-refractivity contribution >= 4 is 38.9 Å². The summed E-state index contributed by atoms with van der Waals surface area (Å²) >= 11 is 0. The molecule has 0 saturated carbocycles. The number of carbonyl (C=O) groups excluding carboxylic acids is 2. The van der Waals surface area contributed by atoms with Gasteiger partial charge >= 0.3 is 5.97 Å². The number of benzene rings is 2. The molecule has 1 saturated heterocycles. The number of piperidine rings is 1. The van der Waals surface area contributed by atoms with Crippen LogP contribution in [-0.2, 0) is 19.6 Å². The molecule has 168 valence electrons. The number of nitrogens with zero attached hydrogens (tertiary/aromatic N) is 2. The molecule has 0 spiro atoms. The Kier molecular flexibility index (Phi) is 6.06. The summed E-state index contributed by atoms with van der Waals surface area (Å²) in [7, 11) is -3.84. The Labute approximate surface area is 187 Å². The normalized spacial score (nSPS) is 15.1. The second-order valence-electron chi connectivity index (χ2n) is 8.03. The molecule has 0 aliphatic carbocycles. The molecule has 7 nitrogen and oxygen atoms in total. The Balaban J connectivity index is 1.65. The predicted molar refractivity (Wildman–Crippen MR) is 123 cm³/mol. The second-order valence-corrected chi connectivity index (χ2v) is 9.85. The van der Waals surface area contributed by atoms with Gasteiger partial charge in [0.1, 0.15) is 0 Å². The SMILES string of the molecule is CCOC(=O)C1CCN(c2ccc3c(c2)c(C=O)cn3S(=O)(=O)c2ccc(C)cc2)CC1. The van der Waals surface area contributed by atoms with Crippen molar-refractivity contribution < 1.29 is 22.7 Å².